The van der Waals surface area contributed by atoms with Crippen molar-refractivity contribution in [1.29, 1.82) is 0 Å². The van der Waals surface area contributed by atoms with Gasteiger partial charge in [-0.2, -0.15) is 0 Å². The van der Waals surface area contributed by atoms with Crippen molar-refractivity contribution < 1.29 is 9.53 Å². The van der Waals surface area contributed by atoms with Gasteiger partial charge in [-0.3, -0.25) is 4.79 Å². The van der Waals surface area contributed by atoms with Crippen molar-refractivity contribution in [3.8, 4) is 16.2 Å². The molecule has 3 aromatic rings. The van der Waals surface area contributed by atoms with Crippen LogP contribution < -0.4 is 4.74 Å². The fourth-order valence-electron chi connectivity index (χ4n) is 2.98. The molecular weight excluding hydrogens is 500 g/mol. The number of benzene rings is 2. The molecule has 0 radical (unpaired) electrons. The zero-order valence-corrected chi connectivity index (χ0v) is 18.2. The molecule has 1 aliphatic heterocycles. The van der Waals surface area contributed by atoms with Crippen LogP contribution in [0.2, 0.25) is 5.02 Å². The Hall–Kier alpha value is -1.14. The third-order valence-electron chi connectivity index (χ3n) is 4.28. The zero-order valence-electron chi connectivity index (χ0n) is 13.5. The Bertz CT molecular complexity index is 999. The van der Waals surface area contributed by atoms with E-state index in [-0.39, 0.29) is 5.78 Å². The average Bonchev–Trinajstić information content (AvgIpc) is 2.98. The number of hydrogen-bond acceptors (Lipinski definition) is 3. The first-order chi connectivity index (χ1) is 12.5. The maximum atomic E-state index is 13.0. The highest BCUT2D eigenvalue weighted by atomic mass is 79.9. The van der Waals surface area contributed by atoms with Crippen LogP contribution in [-0.4, -0.2) is 12.4 Å². The van der Waals surface area contributed by atoms with Crippen molar-refractivity contribution in [3.63, 3.8) is 0 Å². The van der Waals surface area contributed by atoms with Crippen molar-refractivity contribution in [1.82, 2.24) is 0 Å². The number of ether oxygens (including phenoxy) is 1. The molecule has 1 aliphatic rings. The van der Waals surface area contributed by atoms with Crippen molar-refractivity contribution >= 4 is 60.6 Å². The molecule has 2 nitrogen and oxygen atoms in total. The van der Waals surface area contributed by atoms with Crippen LogP contribution in [0.3, 0.4) is 0 Å². The molecule has 0 amide bonds. The molecule has 6 heteroatoms. The Morgan fingerprint density at radius 2 is 2.00 bits per heavy atom. The van der Waals surface area contributed by atoms with Gasteiger partial charge in [0.2, 0.25) is 0 Å². The van der Waals surface area contributed by atoms with Crippen molar-refractivity contribution in [2.24, 2.45) is 0 Å². The first-order valence-electron chi connectivity index (χ1n) is 8.02. The van der Waals surface area contributed by atoms with Crippen LogP contribution in [0, 0.1) is 0 Å². The largest absolute Gasteiger partial charge is 0.493 e. The molecule has 0 bridgehead atoms. The molecule has 1 aromatic heterocycles. The fraction of sp³-hybridized carbons (Fsp3) is 0.150. The Kier molecular flexibility index (Phi) is 5.24. The molecule has 1 unspecified atom stereocenters. The van der Waals surface area contributed by atoms with Gasteiger partial charge in [-0.1, -0.05) is 61.7 Å². The summed E-state index contributed by atoms with van der Waals surface area (Å²) in [6.45, 7) is 0.600. The van der Waals surface area contributed by atoms with E-state index < -0.39 is 4.83 Å². The minimum Gasteiger partial charge on any atom is -0.493 e. The molecular formula is C20H13Br2ClO2S. The average molecular weight is 513 g/mol. The van der Waals surface area contributed by atoms with E-state index in [2.05, 4.69) is 31.9 Å². The number of alkyl halides is 1. The lowest BCUT2D eigenvalue weighted by molar-refractivity contribution is 0.0995. The lowest BCUT2D eigenvalue weighted by Gasteiger charge is -2.10. The van der Waals surface area contributed by atoms with E-state index >= 15 is 0 Å². The highest BCUT2D eigenvalue weighted by molar-refractivity contribution is 9.10. The lowest BCUT2D eigenvalue weighted by Crippen LogP contribution is -2.06. The molecule has 0 saturated heterocycles. The van der Waals surface area contributed by atoms with E-state index in [1.807, 2.05) is 42.5 Å². The highest BCUT2D eigenvalue weighted by Crippen LogP contribution is 2.43. The summed E-state index contributed by atoms with van der Waals surface area (Å²) in [6.07, 6.45) is 0.782. The van der Waals surface area contributed by atoms with Crippen LogP contribution in [0.25, 0.3) is 10.4 Å². The second-order valence-corrected chi connectivity index (χ2v) is 9.24. The number of ketones is 1. The number of carbonyl (C=O) groups excluding carboxylic acids is 1. The molecule has 26 heavy (non-hydrogen) atoms. The van der Waals surface area contributed by atoms with E-state index in [0.717, 1.165) is 43.1 Å². The van der Waals surface area contributed by atoms with Crippen molar-refractivity contribution in [2.75, 3.05) is 6.61 Å². The normalized spacial score (nSPS) is 14.0. The molecule has 0 N–H and O–H groups in total. The summed E-state index contributed by atoms with van der Waals surface area (Å²) in [4.78, 5) is 14.4. The van der Waals surface area contributed by atoms with Gasteiger partial charge in [0.15, 0.2) is 5.78 Å². The van der Waals surface area contributed by atoms with Gasteiger partial charge in [0.05, 0.1) is 11.5 Å². The molecule has 0 saturated carbocycles. The molecule has 0 fully saturated rings. The summed E-state index contributed by atoms with van der Waals surface area (Å²) in [6, 6.07) is 15.4. The van der Waals surface area contributed by atoms with Crippen LogP contribution in [0.5, 0.6) is 5.75 Å². The number of thiophene rings is 1. The number of Topliss-reactive ketones (excluding diaryl/α,β-unsaturated/α-hetero) is 1. The summed E-state index contributed by atoms with van der Waals surface area (Å²) in [7, 11) is 0. The predicted molar refractivity (Wildman–Crippen MR) is 114 cm³/mol. The minimum atomic E-state index is -0.459. The van der Waals surface area contributed by atoms with Crippen LogP contribution >= 0.6 is 54.8 Å². The summed E-state index contributed by atoms with van der Waals surface area (Å²) in [5.74, 6) is 0.872. The van der Waals surface area contributed by atoms with Gasteiger partial charge < -0.3 is 4.74 Å². The maximum Gasteiger partial charge on any atom is 0.190 e. The third-order valence-corrected chi connectivity index (χ3v) is 7.25. The van der Waals surface area contributed by atoms with E-state index in [9.17, 15) is 4.79 Å². The van der Waals surface area contributed by atoms with Crippen LogP contribution in [-0.2, 0) is 6.42 Å². The van der Waals surface area contributed by atoms with Crippen LogP contribution in [0.1, 0.15) is 25.6 Å². The number of hydrogen-bond donors (Lipinski definition) is 0. The zero-order chi connectivity index (χ0) is 18.3. The first-order valence-corrected chi connectivity index (χ1v) is 10.9. The number of halogens is 3. The Labute approximate surface area is 177 Å². The molecule has 0 spiro atoms. The second kappa shape index (κ2) is 7.47. The summed E-state index contributed by atoms with van der Waals surface area (Å²) >= 11 is 14.8. The Morgan fingerprint density at radius 1 is 1.19 bits per heavy atom. The number of carbonyl (C=O) groups is 1. The standard InChI is InChI=1S/C20H13Br2ClO2S/c21-12-5-6-14-16(10-12)25-8-7-11-9-17(26-20(11)14)19(24)18(22)13-3-1-2-4-15(13)23/h1-6,9-10,18H,7-8H2. The second-order valence-electron chi connectivity index (χ2n) is 5.95. The van der Waals surface area contributed by atoms with E-state index in [1.165, 1.54) is 11.3 Å². The van der Waals surface area contributed by atoms with E-state index in [4.69, 9.17) is 16.3 Å². The molecule has 2 heterocycles. The third kappa shape index (κ3) is 3.38. The minimum absolute atomic E-state index is 0.0238. The maximum absolute atomic E-state index is 13.0. The summed E-state index contributed by atoms with van der Waals surface area (Å²) in [5.41, 5.74) is 2.97. The van der Waals surface area contributed by atoms with Crippen LogP contribution in [0.4, 0.5) is 0 Å². The van der Waals surface area contributed by atoms with Crippen molar-refractivity contribution in [3.05, 3.63) is 74.0 Å². The Morgan fingerprint density at radius 3 is 2.81 bits per heavy atom. The fourth-order valence-corrected chi connectivity index (χ4v) is 5.71. The van der Waals surface area contributed by atoms with Gasteiger partial charge in [0.25, 0.3) is 0 Å². The van der Waals surface area contributed by atoms with Gasteiger partial charge in [-0.15, -0.1) is 11.3 Å². The predicted octanol–water partition coefficient (Wildman–Crippen LogP) is 7.08. The highest BCUT2D eigenvalue weighted by Gasteiger charge is 2.26. The topological polar surface area (TPSA) is 26.3 Å². The number of fused-ring (bicyclic) bond motifs is 3. The smallest absolute Gasteiger partial charge is 0.190 e. The van der Waals surface area contributed by atoms with Gasteiger partial charge in [-0.25, -0.2) is 0 Å². The Balaban J connectivity index is 1.73. The SMILES string of the molecule is O=C(c1cc2c(s1)-c1ccc(Br)cc1OCC2)C(Br)c1ccccc1Cl. The molecule has 0 aliphatic carbocycles. The van der Waals surface area contributed by atoms with Gasteiger partial charge in [0, 0.05) is 26.4 Å². The number of rotatable bonds is 3. The molecule has 4 rings (SSSR count). The van der Waals surface area contributed by atoms with Gasteiger partial charge >= 0.3 is 0 Å². The van der Waals surface area contributed by atoms with E-state index in [0.29, 0.717) is 11.6 Å². The monoisotopic (exact) mass is 510 g/mol. The summed E-state index contributed by atoms with van der Waals surface area (Å²) < 4.78 is 6.85. The quantitative estimate of drug-likeness (QED) is 0.277. The molecule has 132 valence electrons. The van der Waals surface area contributed by atoms with Gasteiger partial charge in [0.1, 0.15) is 10.6 Å². The lowest BCUT2D eigenvalue weighted by atomic mass is 10.1. The van der Waals surface area contributed by atoms with Gasteiger partial charge in [-0.05, 0) is 41.5 Å². The van der Waals surface area contributed by atoms with Crippen molar-refractivity contribution in [2.45, 2.75) is 11.2 Å². The molecule has 1 atom stereocenters. The van der Waals surface area contributed by atoms with Crippen LogP contribution in [0.15, 0.2) is 53.0 Å². The summed E-state index contributed by atoms with van der Waals surface area (Å²) in [5, 5.41) is 0.587. The molecule has 2 aromatic carbocycles. The van der Waals surface area contributed by atoms with E-state index in [1.54, 1.807) is 6.07 Å². The first kappa shape index (κ1) is 18.2.